The van der Waals surface area contributed by atoms with Crippen LogP contribution in [0.3, 0.4) is 0 Å². The highest BCUT2D eigenvalue weighted by atomic mass is 127. The molecule has 3 N–H and O–H groups in total. The van der Waals surface area contributed by atoms with E-state index in [1.54, 1.807) is 0 Å². The van der Waals surface area contributed by atoms with Gasteiger partial charge in [-0.2, -0.15) is 0 Å². The lowest BCUT2D eigenvalue weighted by molar-refractivity contribution is -0.116. The Morgan fingerprint density at radius 3 is 2.45 bits per heavy atom. The summed E-state index contributed by atoms with van der Waals surface area (Å²) in [6.45, 7) is 7.35. The van der Waals surface area contributed by atoms with Gasteiger partial charge in [0.25, 0.3) is 0 Å². The van der Waals surface area contributed by atoms with Crippen molar-refractivity contribution >= 4 is 57.5 Å². The molecular weight excluding hydrogens is 459 g/mol. The topological polar surface area (TPSA) is 65.5 Å². The zero-order valence-corrected chi connectivity index (χ0v) is 17.1. The van der Waals surface area contributed by atoms with Crippen LogP contribution in [0.1, 0.15) is 27.2 Å². The number of rotatable bonds is 6. The highest BCUT2D eigenvalue weighted by Crippen LogP contribution is 2.14. The van der Waals surface area contributed by atoms with E-state index >= 15 is 0 Å². The van der Waals surface area contributed by atoms with E-state index in [4.69, 9.17) is 0 Å². The molecule has 5 nitrogen and oxygen atoms in total. The minimum atomic E-state index is -0.0403. The Bertz CT molecular complexity index is 477. The van der Waals surface area contributed by atoms with Gasteiger partial charge in [0.1, 0.15) is 0 Å². The van der Waals surface area contributed by atoms with Gasteiger partial charge in [0, 0.05) is 29.2 Å². The van der Waals surface area contributed by atoms with Gasteiger partial charge in [-0.25, -0.2) is 0 Å². The summed E-state index contributed by atoms with van der Waals surface area (Å²) in [6, 6.07) is 7.80. The Labute approximate surface area is 157 Å². The molecule has 1 amide bonds. The Morgan fingerprint density at radius 2 is 1.91 bits per heavy atom. The first-order valence-corrected chi connectivity index (χ1v) is 7.90. The van der Waals surface area contributed by atoms with Crippen molar-refractivity contribution in [2.75, 3.05) is 18.4 Å². The summed E-state index contributed by atoms with van der Waals surface area (Å²) in [5, 5.41) is 9.20. The second kappa shape index (κ2) is 11.7. The molecule has 0 aliphatic rings. The lowest BCUT2D eigenvalue weighted by atomic mass is 10.3. The molecule has 0 aliphatic carbocycles. The standard InChI is InChI=1S/C15H23BrN4O.HI/c1-4-17-15(19-11(2)3)18-10-9-14(21)20-13-7-5-12(16)6-8-13;/h5-8,11H,4,9-10H2,1-3H3,(H,20,21)(H2,17,18,19);1H. The minimum absolute atomic E-state index is 0. The van der Waals surface area contributed by atoms with Crippen molar-refractivity contribution in [2.45, 2.75) is 33.2 Å². The Morgan fingerprint density at radius 1 is 1.27 bits per heavy atom. The molecule has 0 radical (unpaired) electrons. The van der Waals surface area contributed by atoms with Crippen LogP contribution in [-0.4, -0.2) is 31.0 Å². The number of nitrogens with one attached hydrogen (secondary N) is 3. The highest BCUT2D eigenvalue weighted by molar-refractivity contribution is 14.0. The lowest BCUT2D eigenvalue weighted by Gasteiger charge is -2.13. The van der Waals surface area contributed by atoms with Crippen LogP contribution < -0.4 is 16.0 Å². The molecule has 0 aliphatic heterocycles. The van der Waals surface area contributed by atoms with Crippen LogP contribution in [0.4, 0.5) is 5.69 Å². The van der Waals surface area contributed by atoms with E-state index in [9.17, 15) is 4.79 Å². The van der Waals surface area contributed by atoms with Gasteiger partial charge in [-0.3, -0.25) is 9.79 Å². The van der Waals surface area contributed by atoms with Crippen molar-refractivity contribution in [3.8, 4) is 0 Å². The zero-order chi connectivity index (χ0) is 15.7. The monoisotopic (exact) mass is 482 g/mol. The minimum Gasteiger partial charge on any atom is -0.357 e. The fraction of sp³-hybridized carbons (Fsp3) is 0.467. The fourth-order valence-corrected chi connectivity index (χ4v) is 1.88. The molecule has 0 atom stereocenters. The Kier molecular flexibility index (Phi) is 11.3. The van der Waals surface area contributed by atoms with Gasteiger partial charge in [0.15, 0.2) is 5.96 Å². The number of anilines is 1. The van der Waals surface area contributed by atoms with Gasteiger partial charge in [0.2, 0.25) is 5.91 Å². The predicted molar refractivity (Wildman–Crippen MR) is 107 cm³/mol. The van der Waals surface area contributed by atoms with Gasteiger partial charge in [-0.1, -0.05) is 15.9 Å². The number of carbonyl (C=O) groups is 1. The maximum Gasteiger partial charge on any atom is 0.226 e. The normalized spacial score (nSPS) is 10.9. The van der Waals surface area contributed by atoms with E-state index in [0.29, 0.717) is 19.0 Å². The average molecular weight is 483 g/mol. The van der Waals surface area contributed by atoms with Crippen molar-refractivity contribution in [3.05, 3.63) is 28.7 Å². The van der Waals surface area contributed by atoms with Gasteiger partial charge >= 0.3 is 0 Å². The summed E-state index contributed by atoms with van der Waals surface area (Å²) in [5.41, 5.74) is 0.791. The van der Waals surface area contributed by atoms with Crippen LogP contribution in [0.25, 0.3) is 0 Å². The van der Waals surface area contributed by atoms with E-state index in [2.05, 4.69) is 36.9 Å². The maximum absolute atomic E-state index is 11.8. The second-order valence-corrected chi connectivity index (χ2v) is 5.78. The lowest BCUT2D eigenvalue weighted by Crippen LogP contribution is -2.41. The van der Waals surface area contributed by atoms with Crippen molar-refractivity contribution in [2.24, 2.45) is 4.99 Å². The van der Waals surface area contributed by atoms with Crippen molar-refractivity contribution in [1.29, 1.82) is 0 Å². The second-order valence-electron chi connectivity index (χ2n) is 4.86. The quantitative estimate of drug-likeness (QED) is 0.331. The summed E-state index contributed by atoms with van der Waals surface area (Å²) < 4.78 is 0.986. The van der Waals surface area contributed by atoms with Crippen molar-refractivity contribution in [3.63, 3.8) is 0 Å². The van der Waals surface area contributed by atoms with Crippen molar-refractivity contribution < 1.29 is 4.79 Å². The molecule has 7 heteroatoms. The number of aliphatic imine (C=N–C) groups is 1. The number of amides is 1. The van der Waals surface area contributed by atoms with Crippen LogP contribution in [0, 0.1) is 0 Å². The number of hydrogen-bond acceptors (Lipinski definition) is 2. The third-order valence-corrected chi connectivity index (χ3v) is 3.04. The van der Waals surface area contributed by atoms with Crippen molar-refractivity contribution in [1.82, 2.24) is 10.6 Å². The average Bonchev–Trinajstić information content (AvgIpc) is 2.41. The van der Waals surface area contributed by atoms with Gasteiger partial charge < -0.3 is 16.0 Å². The molecule has 0 saturated carbocycles. The number of guanidine groups is 1. The van der Waals surface area contributed by atoms with Gasteiger partial charge in [0.05, 0.1) is 6.54 Å². The molecule has 0 spiro atoms. The molecule has 0 heterocycles. The SMILES string of the molecule is CCNC(=NCCC(=O)Nc1ccc(Br)cc1)NC(C)C.I. The van der Waals surface area contributed by atoms with Gasteiger partial charge in [-0.15, -0.1) is 24.0 Å². The van der Waals surface area contributed by atoms with Crippen LogP contribution in [0.5, 0.6) is 0 Å². The molecule has 124 valence electrons. The largest absolute Gasteiger partial charge is 0.357 e. The smallest absolute Gasteiger partial charge is 0.226 e. The summed E-state index contributed by atoms with van der Waals surface area (Å²) in [4.78, 5) is 16.2. The molecular formula is C15H24BrIN4O. The van der Waals surface area contributed by atoms with Crippen LogP contribution >= 0.6 is 39.9 Å². The number of carbonyl (C=O) groups excluding carboxylic acids is 1. The molecule has 0 unspecified atom stereocenters. The number of hydrogen-bond donors (Lipinski definition) is 3. The third-order valence-electron chi connectivity index (χ3n) is 2.51. The molecule has 0 saturated heterocycles. The molecule has 1 rings (SSSR count). The highest BCUT2D eigenvalue weighted by Gasteiger charge is 2.03. The fourth-order valence-electron chi connectivity index (χ4n) is 1.62. The molecule has 1 aromatic carbocycles. The predicted octanol–water partition coefficient (Wildman–Crippen LogP) is 3.36. The summed E-state index contributed by atoms with van der Waals surface area (Å²) in [5.74, 6) is 0.699. The summed E-state index contributed by atoms with van der Waals surface area (Å²) >= 11 is 3.36. The number of benzene rings is 1. The van der Waals surface area contributed by atoms with E-state index in [-0.39, 0.29) is 29.9 Å². The first-order valence-electron chi connectivity index (χ1n) is 7.11. The van der Waals surface area contributed by atoms with E-state index in [1.807, 2.05) is 45.0 Å². The van der Waals surface area contributed by atoms with Crippen LogP contribution in [0.2, 0.25) is 0 Å². The third kappa shape index (κ3) is 9.24. The van der Waals surface area contributed by atoms with E-state index in [0.717, 1.165) is 22.7 Å². The summed E-state index contributed by atoms with van der Waals surface area (Å²) in [7, 11) is 0. The first-order chi connectivity index (χ1) is 10.0. The van der Waals surface area contributed by atoms with E-state index < -0.39 is 0 Å². The zero-order valence-electron chi connectivity index (χ0n) is 13.1. The van der Waals surface area contributed by atoms with E-state index in [1.165, 1.54) is 0 Å². The molecule has 0 fully saturated rings. The molecule has 0 aromatic heterocycles. The Hall–Kier alpha value is -0.830. The van der Waals surface area contributed by atoms with Crippen LogP contribution in [0.15, 0.2) is 33.7 Å². The summed E-state index contributed by atoms with van der Waals surface area (Å²) in [6.07, 6.45) is 0.352. The Balaban J connectivity index is 0.00000441. The molecule has 1 aromatic rings. The molecule has 0 bridgehead atoms. The maximum atomic E-state index is 11.8. The van der Waals surface area contributed by atoms with Crippen LogP contribution in [-0.2, 0) is 4.79 Å². The first kappa shape index (κ1) is 21.2. The number of nitrogens with zero attached hydrogens (tertiary/aromatic N) is 1. The number of halogens is 2. The van der Waals surface area contributed by atoms with Gasteiger partial charge in [-0.05, 0) is 45.0 Å². The molecule has 22 heavy (non-hydrogen) atoms.